The van der Waals surface area contributed by atoms with Crippen molar-refractivity contribution >= 4 is 28.8 Å². The van der Waals surface area contributed by atoms with Crippen LogP contribution in [0.3, 0.4) is 0 Å². The topological polar surface area (TPSA) is 41.1 Å². The predicted octanol–water partition coefficient (Wildman–Crippen LogP) is 4.20. The van der Waals surface area contributed by atoms with Crippen molar-refractivity contribution in [3.63, 3.8) is 0 Å². The Hall–Kier alpha value is -2.20. The number of hydrogen-bond acceptors (Lipinski definition) is 2. The molecule has 23 heavy (non-hydrogen) atoms. The fourth-order valence-electron chi connectivity index (χ4n) is 2.31. The Kier molecular flexibility index (Phi) is 6.29. The van der Waals surface area contributed by atoms with Crippen LogP contribution in [0.15, 0.2) is 54.6 Å². The molecule has 0 radical (unpaired) electrons. The first-order valence-electron chi connectivity index (χ1n) is 7.77. The monoisotopic (exact) mass is 326 g/mol. The van der Waals surface area contributed by atoms with Crippen LogP contribution in [-0.4, -0.2) is 16.9 Å². The highest BCUT2D eigenvalue weighted by Gasteiger charge is 2.06. The van der Waals surface area contributed by atoms with Crippen molar-refractivity contribution in [3.05, 3.63) is 65.7 Å². The van der Waals surface area contributed by atoms with Crippen LogP contribution in [-0.2, 0) is 6.42 Å². The van der Waals surface area contributed by atoms with E-state index in [0.717, 1.165) is 18.5 Å². The van der Waals surface area contributed by atoms with E-state index in [-0.39, 0.29) is 11.8 Å². The highest BCUT2D eigenvalue weighted by Crippen LogP contribution is 2.11. The lowest BCUT2D eigenvalue weighted by Crippen LogP contribution is -2.36. The quantitative estimate of drug-likeness (QED) is 0.617. The lowest BCUT2D eigenvalue weighted by molar-refractivity contribution is 0.101. The lowest BCUT2D eigenvalue weighted by atomic mass is 10.1. The molecule has 2 aromatic carbocycles. The molecule has 0 aromatic heterocycles. The summed E-state index contributed by atoms with van der Waals surface area (Å²) in [7, 11) is 0. The molecule has 2 N–H and O–H groups in total. The Morgan fingerprint density at radius 2 is 1.87 bits per heavy atom. The van der Waals surface area contributed by atoms with Crippen LogP contribution in [0.5, 0.6) is 0 Å². The zero-order valence-electron chi connectivity index (χ0n) is 13.5. The maximum atomic E-state index is 11.4. The number of rotatable bonds is 6. The van der Waals surface area contributed by atoms with Crippen LogP contribution in [0.4, 0.5) is 5.69 Å². The summed E-state index contributed by atoms with van der Waals surface area (Å²) >= 11 is 5.34. The van der Waals surface area contributed by atoms with Gasteiger partial charge in [0.05, 0.1) is 0 Å². The predicted molar refractivity (Wildman–Crippen MR) is 100 cm³/mol. The van der Waals surface area contributed by atoms with Gasteiger partial charge in [-0.05, 0) is 56.6 Å². The van der Waals surface area contributed by atoms with Crippen LogP contribution < -0.4 is 10.6 Å². The summed E-state index contributed by atoms with van der Waals surface area (Å²) in [6.45, 7) is 3.67. The first-order valence-corrected chi connectivity index (χ1v) is 8.18. The van der Waals surface area contributed by atoms with Gasteiger partial charge in [0.2, 0.25) is 0 Å². The number of ketones is 1. The van der Waals surface area contributed by atoms with E-state index in [4.69, 9.17) is 12.2 Å². The van der Waals surface area contributed by atoms with E-state index in [1.807, 2.05) is 24.3 Å². The summed E-state index contributed by atoms with van der Waals surface area (Å²) in [5, 5.41) is 6.99. The average Bonchev–Trinajstić information content (AvgIpc) is 2.54. The van der Waals surface area contributed by atoms with Gasteiger partial charge in [0.25, 0.3) is 0 Å². The third-order valence-electron chi connectivity index (χ3n) is 3.61. The van der Waals surface area contributed by atoms with Gasteiger partial charge in [-0.3, -0.25) is 4.79 Å². The number of benzene rings is 2. The Labute approximate surface area is 143 Å². The minimum Gasteiger partial charge on any atom is -0.360 e. The summed E-state index contributed by atoms with van der Waals surface area (Å²) < 4.78 is 0. The normalized spacial score (nSPS) is 11.6. The van der Waals surface area contributed by atoms with Gasteiger partial charge in [0.15, 0.2) is 10.9 Å². The summed E-state index contributed by atoms with van der Waals surface area (Å²) in [5.41, 5.74) is 2.83. The van der Waals surface area contributed by atoms with E-state index in [2.05, 4.69) is 41.8 Å². The molecule has 0 bridgehead atoms. The van der Waals surface area contributed by atoms with Gasteiger partial charge in [0, 0.05) is 17.3 Å². The third-order valence-corrected chi connectivity index (χ3v) is 3.83. The maximum Gasteiger partial charge on any atom is 0.170 e. The molecule has 0 amide bonds. The van der Waals surface area contributed by atoms with Gasteiger partial charge in [-0.25, -0.2) is 0 Å². The van der Waals surface area contributed by atoms with E-state index < -0.39 is 0 Å². The van der Waals surface area contributed by atoms with Crippen LogP contribution >= 0.6 is 12.2 Å². The number of Topliss-reactive ketones (excluding diaryl/α,β-unsaturated/α-hetero) is 1. The van der Waals surface area contributed by atoms with Gasteiger partial charge in [-0.2, -0.15) is 0 Å². The van der Waals surface area contributed by atoms with Gasteiger partial charge in [0.1, 0.15) is 0 Å². The molecule has 0 saturated carbocycles. The molecule has 0 spiro atoms. The first kappa shape index (κ1) is 17.2. The van der Waals surface area contributed by atoms with E-state index in [9.17, 15) is 4.79 Å². The number of nitrogens with one attached hydrogen (secondary N) is 2. The van der Waals surface area contributed by atoms with E-state index >= 15 is 0 Å². The van der Waals surface area contributed by atoms with Crippen LogP contribution in [0, 0.1) is 0 Å². The largest absolute Gasteiger partial charge is 0.360 e. The standard InChI is InChI=1S/C19H22N2OS/c1-14(11-12-16-7-4-3-5-8-16)20-19(23)21-18-10-6-9-17(13-18)15(2)22/h3-10,13-14H,11-12H2,1-2H3,(H2,20,21,23). The maximum absolute atomic E-state index is 11.4. The van der Waals surface area contributed by atoms with Gasteiger partial charge in [-0.1, -0.05) is 42.5 Å². The summed E-state index contributed by atoms with van der Waals surface area (Å²) in [5.74, 6) is 0.0451. The van der Waals surface area contributed by atoms with E-state index in [0.29, 0.717) is 10.7 Å². The van der Waals surface area contributed by atoms with Crippen molar-refractivity contribution < 1.29 is 4.79 Å². The van der Waals surface area contributed by atoms with Crippen LogP contribution in [0.25, 0.3) is 0 Å². The number of thiocarbonyl (C=S) groups is 1. The van der Waals surface area contributed by atoms with Crippen molar-refractivity contribution in [2.24, 2.45) is 0 Å². The molecular weight excluding hydrogens is 304 g/mol. The zero-order valence-corrected chi connectivity index (χ0v) is 14.3. The van der Waals surface area contributed by atoms with Crippen molar-refractivity contribution in [2.75, 3.05) is 5.32 Å². The first-order chi connectivity index (χ1) is 11.0. The Morgan fingerprint density at radius 3 is 2.57 bits per heavy atom. The third kappa shape index (κ3) is 5.83. The molecule has 2 rings (SSSR count). The second kappa shape index (κ2) is 8.44. The fraction of sp³-hybridized carbons (Fsp3) is 0.263. The molecule has 120 valence electrons. The van der Waals surface area contributed by atoms with E-state index in [1.165, 1.54) is 5.56 Å². The molecule has 1 unspecified atom stereocenters. The molecular formula is C19H22N2OS. The highest BCUT2D eigenvalue weighted by atomic mass is 32.1. The molecule has 0 aliphatic heterocycles. The van der Waals surface area contributed by atoms with Crippen molar-refractivity contribution in [2.45, 2.75) is 32.7 Å². The Morgan fingerprint density at radius 1 is 1.13 bits per heavy atom. The van der Waals surface area contributed by atoms with Gasteiger partial charge < -0.3 is 10.6 Å². The fourth-order valence-corrected chi connectivity index (χ4v) is 2.63. The zero-order chi connectivity index (χ0) is 16.7. The smallest absolute Gasteiger partial charge is 0.170 e. The van der Waals surface area contributed by atoms with Gasteiger partial charge >= 0.3 is 0 Å². The molecule has 0 fully saturated rings. The minimum absolute atomic E-state index is 0.0451. The Bertz CT molecular complexity index is 670. The molecule has 0 aliphatic carbocycles. The van der Waals surface area contributed by atoms with Crippen molar-refractivity contribution in [1.29, 1.82) is 0 Å². The Balaban J connectivity index is 1.82. The molecule has 0 heterocycles. The summed E-state index contributed by atoms with van der Waals surface area (Å²) in [6, 6.07) is 18.0. The number of anilines is 1. The number of carbonyl (C=O) groups excluding carboxylic acids is 1. The van der Waals surface area contributed by atoms with E-state index in [1.54, 1.807) is 13.0 Å². The summed E-state index contributed by atoms with van der Waals surface area (Å²) in [4.78, 5) is 11.4. The molecule has 3 nitrogen and oxygen atoms in total. The minimum atomic E-state index is 0.0451. The number of hydrogen-bond donors (Lipinski definition) is 2. The molecule has 1 atom stereocenters. The highest BCUT2D eigenvalue weighted by molar-refractivity contribution is 7.80. The molecule has 0 saturated heterocycles. The van der Waals surface area contributed by atoms with Crippen LogP contribution in [0.1, 0.15) is 36.2 Å². The van der Waals surface area contributed by atoms with Crippen molar-refractivity contribution in [1.82, 2.24) is 5.32 Å². The number of carbonyl (C=O) groups is 1. The summed E-state index contributed by atoms with van der Waals surface area (Å²) in [6.07, 6.45) is 2.01. The SMILES string of the molecule is CC(=O)c1cccc(NC(=S)NC(C)CCc2ccccc2)c1. The molecule has 4 heteroatoms. The average molecular weight is 326 g/mol. The van der Waals surface area contributed by atoms with Gasteiger partial charge in [-0.15, -0.1) is 0 Å². The molecule has 2 aromatic rings. The van der Waals surface area contributed by atoms with Crippen LogP contribution in [0.2, 0.25) is 0 Å². The lowest BCUT2D eigenvalue weighted by Gasteiger charge is -2.17. The molecule has 0 aliphatic rings. The second-order valence-electron chi connectivity index (χ2n) is 5.66. The van der Waals surface area contributed by atoms with Crippen molar-refractivity contribution in [3.8, 4) is 0 Å². The second-order valence-corrected chi connectivity index (χ2v) is 6.07. The number of aryl methyl sites for hydroxylation is 1.